The molecule has 1 atom stereocenters. The van der Waals surface area contributed by atoms with Gasteiger partial charge in [-0.15, -0.1) is 19.0 Å². The van der Waals surface area contributed by atoms with Gasteiger partial charge in [-0.1, -0.05) is 36.4 Å². The van der Waals surface area contributed by atoms with Crippen molar-refractivity contribution < 1.29 is 4.42 Å². The largest absolute Gasteiger partial charge is 0.449 e. The van der Waals surface area contributed by atoms with Crippen LogP contribution < -0.4 is 5.32 Å². The predicted molar refractivity (Wildman–Crippen MR) is 73.6 cm³/mol. The van der Waals surface area contributed by atoms with Gasteiger partial charge in [0.2, 0.25) is 0 Å². The van der Waals surface area contributed by atoms with E-state index in [4.69, 9.17) is 4.42 Å². The van der Waals surface area contributed by atoms with Crippen molar-refractivity contribution in [2.75, 3.05) is 5.32 Å². The zero-order valence-corrected chi connectivity index (χ0v) is 10.3. The van der Waals surface area contributed by atoms with Gasteiger partial charge in [0.25, 0.3) is 0 Å². The summed E-state index contributed by atoms with van der Waals surface area (Å²) in [7, 11) is 0. The third kappa shape index (κ3) is 3.68. The normalized spacial score (nSPS) is 11.3. The molecule has 1 heterocycles. The Morgan fingerprint density at radius 2 is 1.94 bits per heavy atom. The van der Waals surface area contributed by atoms with E-state index in [1.54, 1.807) is 6.26 Å². The Balaban J connectivity index is 0.00000144. The molecule has 0 spiro atoms. The molecule has 90 valence electrons. The van der Waals surface area contributed by atoms with Crippen LogP contribution in [-0.4, -0.2) is 0 Å². The average Bonchev–Trinajstić information content (AvgIpc) is 2.83. The molecule has 2 aromatic rings. The van der Waals surface area contributed by atoms with Gasteiger partial charge in [-0.05, 0) is 18.1 Å². The summed E-state index contributed by atoms with van der Waals surface area (Å²) in [4.78, 5) is 0. The highest BCUT2D eigenvalue weighted by Gasteiger charge is 2.09. The number of benzene rings is 1. The van der Waals surface area contributed by atoms with E-state index in [2.05, 4.69) is 24.0 Å². The van der Waals surface area contributed by atoms with Crippen molar-refractivity contribution in [2.24, 2.45) is 0 Å². The maximum atomic E-state index is 5.29. The molecule has 0 aliphatic rings. The number of hydrogen-bond donors (Lipinski definition) is 1. The van der Waals surface area contributed by atoms with Gasteiger partial charge in [-0.25, -0.2) is 0 Å². The molecule has 0 radical (unpaired) electrons. The van der Waals surface area contributed by atoms with Crippen LogP contribution in [0.1, 0.15) is 18.0 Å². The molecule has 0 fully saturated rings. The Bertz CT molecular complexity index is 425. The Kier molecular flexibility index (Phi) is 5.37. The molecule has 0 amide bonds. The van der Waals surface area contributed by atoms with Crippen LogP contribution in [-0.2, 0) is 0 Å². The molecule has 1 N–H and O–H groups in total. The zero-order valence-electron chi connectivity index (χ0n) is 9.50. The van der Waals surface area contributed by atoms with E-state index >= 15 is 0 Å². The minimum atomic E-state index is 0. The highest BCUT2D eigenvalue weighted by molar-refractivity contribution is 5.85. The Hall–Kier alpha value is -1.67. The molecule has 0 aliphatic carbocycles. The molecule has 3 heteroatoms. The fourth-order valence-electron chi connectivity index (χ4n) is 1.66. The Labute approximate surface area is 108 Å². The summed E-state index contributed by atoms with van der Waals surface area (Å²) in [5.41, 5.74) is 1.24. The van der Waals surface area contributed by atoms with Crippen LogP contribution in [0.3, 0.4) is 0 Å². The van der Waals surface area contributed by atoms with E-state index < -0.39 is 0 Å². The van der Waals surface area contributed by atoms with Crippen molar-refractivity contribution in [3.63, 3.8) is 0 Å². The minimum absolute atomic E-state index is 0. The summed E-state index contributed by atoms with van der Waals surface area (Å²) in [6.07, 6.45) is 4.44. The standard InChI is InChI=1S/C14H15NO.ClH/c1-2-7-13(12-8-4-3-5-9-12)15-14-10-6-11-16-14;/h2-6,8-11,13,15H,1,7H2;1H. The van der Waals surface area contributed by atoms with E-state index in [1.807, 2.05) is 36.4 Å². The lowest BCUT2D eigenvalue weighted by atomic mass is 10.0. The predicted octanol–water partition coefficient (Wildman–Crippen LogP) is 4.43. The first-order chi connectivity index (χ1) is 7.90. The van der Waals surface area contributed by atoms with Crippen molar-refractivity contribution in [1.29, 1.82) is 0 Å². The van der Waals surface area contributed by atoms with Crippen LogP contribution in [0.2, 0.25) is 0 Å². The van der Waals surface area contributed by atoms with Crippen LogP contribution in [0.5, 0.6) is 0 Å². The quantitative estimate of drug-likeness (QED) is 0.793. The van der Waals surface area contributed by atoms with Crippen LogP contribution in [0.4, 0.5) is 5.88 Å². The van der Waals surface area contributed by atoms with Crippen LogP contribution in [0.15, 0.2) is 65.8 Å². The number of rotatable bonds is 5. The van der Waals surface area contributed by atoms with E-state index in [1.165, 1.54) is 5.56 Å². The molecule has 17 heavy (non-hydrogen) atoms. The zero-order chi connectivity index (χ0) is 11.2. The van der Waals surface area contributed by atoms with Crippen LogP contribution >= 0.6 is 12.4 Å². The van der Waals surface area contributed by atoms with Gasteiger partial charge in [0.15, 0.2) is 5.88 Å². The second-order valence-electron chi connectivity index (χ2n) is 3.61. The molecule has 1 aromatic carbocycles. The van der Waals surface area contributed by atoms with Gasteiger partial charge < -0.3 is 9.73 Å². The Morgan fingerprint density at radius 1 is 1.18 bits per heavy atom. The van der Waals surface area contributed by atoms with Crippen molar-refractivity contribution in [3.05, 3.63) is 66.9 Å². The number of halogens is 1. The second kappa shape index (κ2) is 6.81. The molecule has 1 unspecified atom stereocenters. The van der Waals surface area contributed by atoms with E-state index in [0.29, 0.717) is 0 Å². The lowest BCUT2D eigenvalue weighted by Crippen LogP contribution is -2.09. The van der Waals surface area contributed by atoms with Crippen molar-refractivity contribution >= 4 is 18.3 Å². The average molecular weight is 250 g/mol. The Morgan fingerprint density at radius 3 is 2.53 bits per heavy atom. The summed E-state index contributed by atoms with van der Waals surface area (Å²) < 4.78 is 5.29. The minimum Gasteiger partial charge on any atom is -0.449 e. The summed E-state index contributed by atoms with van der Waals surface area (Å²) in [6, 6.07) is 14.3. The van der Waals surface area contributed by atoms with Crippen molar-refractivity contribution in [3.8, 4) is 0 Å². The summed E-state index contributed by atoms with van der Waals surface area (Å²) in [5, 5.41) is 3.34. The molecular weight excluding hydrogens is 234 g/mol. The highest BCUT2D eigenvalue weighted by atomic mass is 35.5. The number of nitrogens with one attached hydrogen (secondary N) is 1. The fraction of sp³-hybridized carbons (Fsp3) is 0.143. The first-order valence-electron chi connectivity index (χ1n) is 5.36. The maximum absolute atomic E-state index is 5.29. The van der Waals surface area contributed by atoms with Crippen LogP contribution in [0.25, 0.3) is 0 Å². The lowest BCUT2D eigenvalue weighted by molar-refractivity contribution is 0.567. The highest BCUT2D eigenvalue weighted by Crippen LogP contribution is 2.22. The molecule has 0 aliphatic heterocycles. The van der Waals surface area contributed by atoms with Crippen LogP contribution in [0, 0.1) is 0 Å². The van der Waals surface area contributed by atoms with Gasteiger partial charge in [0.05, 0.1) is 12.3 Å². The molecule has 2 rings (SSSR count). The van der Waals surface area contributed by atoms with E-state index in [-0.39, 0.29) is 18.4 Å². The van der Waals surface area contributed by atoms with Crippen molar-refractivity contribution in [2.45, 2.75) is 12.5 Å². The summed E-state index contributed by atoms with van der Waals surface area (Å²) in [5.74, 6) is 0.788. The monoisotopic (exact) mass is 249 g/mol. The van der Waals surface area contributed by atoms with Gasteiger partial charge >= 0.3 is 0 Å². The third-order valence-corrected chi connectivity index (χ3v) is 2.44. The number of hydrogen-bond acceptors (Lipinski definition) is 2. The fourth-order valence-corrected chi connectivity index (χ4v) is 1.66. The van der Waals surface area contributed by atoms with Crippen molar-refractivity contribution in [1.82, 2.24) is 0 Å². The van der Waals surface area contributed by atoms with Gasteiger partial charge in [-0.2, -0.15) is 0 Å². The molecule has 1 aromatic heterocycles. The smallest absolute Gasteiger partial charge is 0.193 e. The molecule has 0 saturated carbocycles. The van der Waals surface area contributed by atoms with Gasteiger partial charge in [0.1, 0.15) is 0 Å². The third-order valence-electron chi connectivity index (χ3n) is 2.44. The summed E-state index contributed by atoms with van der Waals surface area (Å²) in [6.45, 7) is 3.78. The van der Waals surface area contributed by atoms with E-state index in [0.717, 1.165) is 12.3 Å². The maximum Gasteiger partial charge on any atom is 0.193 e. The topological polar surface area (TPSA) is 25.2 Å². The molecule has 0 bridgehead atoms. The number of furan rings is 1. The molecule has 2 nitrogen and oxygen atoms in total. The summed E-state index contributed by atoms with van der Waals surface area (Å²) >= 11 is 0. The first kappa shape index (κ1) is 13.4. The SMILES string of the molecule is C=CCC(Nc1ccco1)c1ccccc1.Cl. The lowest BCUT2D eigenvalue weighted by Gasteiger charge is -2.16. The molecule has 0 saturated heterocycles. The first-order valence-corrected chi connectivity index (χ1v) is 5.36. The van der Waals surface area contributed by atoms with Gasteiger partial charge in [0, 0.05) is 6.07 Å². The molecular formula is C14H16ClNO. The van der Waals surface area contributed by atoms with Gasteiger partial charge in [-0.3, -0.25) is 0 Å². The second-order valence-corrected chi connectivity index (χ2v) is 3.61. The number of anilines is 1. The van der Waals surface area contributed by atoms with E-state index in [9.17, 15) is 0 Å².